The topological polar surface area (TPSA) is 166 Å². The Bertz CT molecular complexity index is 1990. The van der Waals surface area contributed by atoms with Gasteiger partial charge in [-0.2, -0.15) is 13.2 Å². The van der Waals surface area contributed by atoms with Crippen LogP contribution in [0.4, 0.5) is 23.9 Å². The van der Waals surface area contributed by atoms with Gasteiger partial charge in [-0.25, -0.2) is 19.2 Å². The number of nitrogens with two attached hydrogens (primary N) is 1. The normalized spacial score (nSPS) is 15.8. The number of halogens is 4. The molecule has 13 nitrogen and oxygen atoms in total. The number of hydrogen-bond acceptors (Lipinski definition) is 10. The monoisotopic (exact) mass is 818 g/mol. The molecule has 2 heterocycles. The van der Waals surface area contributed by atoms with E-state index < -0.39 is 59.5 Å². The van der Waals surface area contributed by atoms with Crippen LogP contribution in [0.25, 0.3) is 5.69 Å². The van der Waals surface area contributed by atoms with Crippen molar-refractivity contribution in [3.63, 3.8) is 0 Å². The van der Waals surface area contributed by atoms with Crippen LogP contribution >= 0.6 is 15.9 Å². The highest BCUT2D eigenvalue weighted by atomic mass is 79.9. The van der Waals surface area contributed by atoms with Crippen molar-refractivity contribution in [2.45, 2.75) is 84.6 Å². The maximum atomic E-state index is 14.1. The van der Waals surface area contributed by atoms with Crippen molar-refractivity contribution in [3.05, 3.63) is 97.9 Å². The van der Waals surface area contributed by atoms with Crippen molar-refractivity contribution < 1.29 is 41.8 Å². The number of hydrogen-bond donors (Lipinski definition) is 2. The minimum absolute atomic E-state index is 0.0633. The van der Waals surface area contributed by atoms with E-state index in [1.807, 2.05) is 0 Å². The number of imide groups is 1. The van der Waals surface area contributed by atoms with Crippen molar-refractivity contribution in [3.8, 4) is 5.69 Å². The molecule has 4 rings (SSSR count). The molecule has 290 valence electrons. The molecule has 0 spiro atoms. The molecule has 1 aliphatic heterocycles. The predicted octanol–water partition coefficient (Wildman–Crippen LogP) is 6.06. The molecular weight excluding hydrogens is 777 g/mol. The largest absolute Gasteiger partial charge is 0.424 e. The van der Waals surface area contributed by atoms with Crippen LogP contribution in [0.2, 0.25) is 0 Å². The zero-order valence-electron chi connectivity index (χ0n) is 30.6. The van der Waals surface area contributed by atoms with Crippen molar-refractivity contribution in [1.29, 1.82) is 0 Å². The number of nitrogens with zero attached hydrogens (tertiary/aromatic N) is 4. The molecule has 0 aliphatic carbocycles. The summed E-state index contributed by atoms with van der Waals surface area (Å²) in [7, 11) is 1.20. The SMILES string of the molecule is C=CC(C)Nc1nc2c(c(=O)n1-c1ccc(C(=O)N(C)C(=O)OC(CC)OC(=O)C(N)C(C)C)cc1)CC(C)N(C(=O)c1ccc(Br)c(C(F)(F)F)c1)C2. The number of rotatable bonds is 11. The Labute approximate surface area is 318 Å². The van der Waals surface area contributed by atoms with Gasteiger partial charge in [0.1, 0.15) is 6.04 Å². The molecule has 4 atom stereocenters. The summed E-state index contributed by atoms with van der Waals surface area (Å²) in [6, 6.07) is 7.17. The van der Waals surface area contributed by atoms with E-state index in [-0.39, 0.29) is 58.6 Å². The number of carbonyl (C=O) groups excluding carboxylic acids is 4. The molecule has 54 heavy (non-hydrogen) atoms. The van der Waals surface area contributed by atoms with Gasteiger partial charge in [-0.15, -0.1) is 6.58 Å². The third-order valence-electron chi connectivity index (χ3n) is 8.86. The van der Waals surface area contributed by atoms with E-state index in [1.54, 1.807) is 40.7 Å². The van der Waals surface area contributed by atoms with Crippen LogP contribution in [-0.4, -0.2) is 74.7 Å². The lowest BCUT2D eigenvalue weighted by Gasteiger charge is -2.35. The summed E-state index contributed by atoms with van der Waals surface area (Å²) in [5, 5.41) is 3.11. The van der Waals surface area contributed by atoms with Gasteiger partial charge in [0.2, 0.25) is 12.2 Å². The van der Waals surface area contributed by atoms with Gasteiger partial charge in [-0.05, 0) is 68.7 Å². The van der Waals surface area contributed by atoms with Crippen LogP contribution < -0.4 is 16.6 Å². The number of anilines is 1. The minimum Gasteiger partial charge on any atom is -0.424 e. The Hall–Kier alpha value is -5.03. The molecule has 3 N–H and O–H groups in total. The maximum Gasteiger partial charge on any atom is 0.419 e. The van der Waals surface area contributed by atoms with Gasteiger partial charge < -0.3 is 25.4 Å². The molecule has 1 aliphatic rings. The number of esters is 1. The number of benzene rings is 2. The smallest absolute Gasteiger partial charge is 0.419 e. The van der Waals surface area contributed by atoms with E-state index in [1.165, 1.54) is 52.9 Å². The summed E-state index contributed by atoms with van der Waals surface area (Å²) in [4.78, 5) is 72.8. The third-order valence-corrected chi connectivity index (χ3v) is 9.55. The molecule has 0 bridgehead atoms. The standard InChI is InChI=1S/C37H42BrF3N6O7/c1-8-20(5)43-35-44-28-18-46(32(49)23-12-15-27(38)26(17-23)37(39,40)41)21(6)16-25(28)33(50)47(35)24-13-10-22(11-14-24)31(48)45(7)36(52)54-29(9-2)53-34(51)30(42)19(3)4/h8,10-15,17,19-21,29-30H,1,9,16,18,42H2,2-7H3,(H,43,44). The van der Waals surface area contributed by atoms with E-state index in [2.05, 4.69) is 27.8 Å². The Morgan fingerprint density at radius 3 is 2.31 bits per heavy atom. The Balaban J connectivity index is 1.61. The number of aromatic nitrogens is 2. The van der Waals surface area contributed by atoms with Crippen LogP contribution in [0.3, 0.4) is 0 Å². The Morgan fingerprint density at radius 1 is 1.11 bits per heavy atom. The predicted molar refractivity (Wildman–Crippen MR) is 197 cm³/mol. The van der Waals surface area contributed by atoms with E-state index in [9.17, 15) is 37.1 Å². The average molecular weight is 820 g/mol. The van der Waals surface area contributed by atoms with Gasteiger partial charge in [0.15, 0.2) is 0 Å². The lowest BCUT2D eigenvalue weighted by Crippen LogP contribution is -2.46. The average Bonchev–Trinajstić information content (AvgIpc) is 3.13. The van der Waals surface area contributed by atoms with Crippen molar-refractivity contribution in [1.82, 2.24) is 19.4 Å². The maximum absolute atomic E-state index is 14.1. The second-order valence-corrected chi connectivity index (χ2v) is 14.0. The van der Waals surface area contributed by atoms with Crippen molar-refractivity contribution >= 4 is 45.8 Å². The number of fused-ring (bicyclic) bond motifs is 1. The first kappa shape index (κ1) is 41.7. The van der Waals surface area contributed by atoms with Gasteiger partial charge in [0.05, 0.1) is 23.5 Å². The first-order chi connectivity index (χ1) is 25.3. The highest BCUT2D eigenvalue weighted by Gasteiger charge is 2.36. The van der Waals surface area contributed by atoms with Crippen LogP contribution in [0.5, 0.6) is 0 Å². The van der Waals surface area contributed by atoms with E-state index >= 15 is 0 Å². The fraction of sp³-hybridized carbons (Fsp3) is 0.405. The molecule has 4 unspecified atom stereocenters. The Morgan fingerprint density at radius 2 is 1.74 bits per heavy atom. The Kier molecular flexibility index (Phi) is 13.1. The fourth-order valence-electron chi connectivity index (χ4n) is 5.46. The summed E-state index contributed by atoms with van der Waals surface area (Å²) < 4.78 is 52.3. The van der Waals surface area contributed by atoms with Crippen molar-refractivity contribution in [2.24, 2.45) is 11.7 Å². The highest BCUT2D eigenvalue weighted by molar-refractivity contribution is 9.10. The molecule has 0 fully saturated rings. The quantitative estimate of drug-likeness (QED) is 0.132. The van der Waals surface area contributed by atoms with E-state index in [0.717, 1.165) is 6.07 Å². The van der Waals surface area contributed by atoms with Gasteiger partial charge >= 0.3 is 18.2 Å². The molecule has 17 heteroatoms. The summed E-state index contributed by atoms with van der Waals surface area (Å²) in [6.45, 7) is 12.2. The summed E-state index contributed by atoms with van der Waals surface area (Å²) in [6.07, 6.45) is -5.26. The van der Waals surface area contributed by atoms with Gasteiger partial charge in [0.25, 0.3) is 17.4 Å². The lowest BCUT2D eigenvalue weighted by molar-refractivity contribution is -0.171. The first-order valence-electron chi connectivity index (χ1n) is 17.1. The van der Waals surface area contributed by atoms with Crippen LogP contribution in [-0.2, 0) is 33.4 Å². The molecular formula is C37H42BrF3N6O7. The minimum atomic E-state index is -4.68. The fourth-order valence-corrected chi connectivity index (χ4v) is 5.93. The zero-order chi connectivity index (χ0) is 40.2. The zero-order valence-corrected chi connectivity index (χ0v) is 32.2. The van der Waals surface area contributed by atoms with Crippen LogP contribution in [0.15, 0.2) is 64.4 Å². The molecule has 0 saturated heterocycles. The van der Waals surface area contributed by atoms with Gasteiger partial charge in [0, 0.05) is 46.7 Å². The van der Waals surface area contributed by atoms with Gasteiger partial charge in [-0.3, -0.25) is 19.2 Å². The highest BCUT2D eigenvalue weighted by Crippen LogP contribution is 2.36. The molecule has 1 aromatic heterocycles. The molecule has 3 aromatic rings. The summed E-state index contributed by atoms with van der Waals surface area (Å²) in [5.41, 5.74) is 5.17. The second-order valence-electron chi connectivity index (χ2n) is 13.2. The first-order valence-corrected chi connectivity index (χ1v) is 17.8. The second kappa shape index (κ2) is 17.0. The number of amides is 3. The molecule has 2 aromatic carbocycles. The number of carbonyl (C=O) groups is 4. The van der Waals surface area contributed by atoms with Gasteiger partial charge in [-0.1, -0.05) is 42.8 Å². The summed E-state index contributed by atoms with van der Waals surface area (Å²) >= 11 is 2.90. The number of nitrogens with one attached hydrogen (secondary N) is 1. The molecule has 0 saturated carbocycles. The number of ether oxygens (including phenoxy) is 2. The lowest BCUT2D eigenvalue weighted by atomic mass is 9.98. The third kappa shape index (κ3) is 9.18. The summed E-state index contributed by atoms with van der Waals surface area (Å²) in [5.74, 6) is -2.26. The van der Waals surface area contributed by atoms with Crippen LogP contribution in [0, 0.1) is 5.92 Å². The van der Waals surface area contributed by atoms with Crippen molar-refractivity contribution in [2.75, 3.05) is 12.4 Å². The number of alkyl halides is 3. The van der Waals surface area contributed by atoms with E-state index in [0.29, 0.717) is 16.2 Å². The molecule has 0 radical (unpaired) electrons. The van der Waals surface area contributed by atoms with E-state index in [4.69, 9.17) is 20.2 Å². The van der Waals surface area contributed by atoms with Crippen LogP contribution in [0.1, 0.15) is 78.6 Å². The molecule has 3 amide bonds.